The molecule has 0 aromatic heterocycles. The Morgan fingerprint density at radius 3 is 2.73 bits per heavy atom. The maximum atomic E-state index is 11.0. The standard InChI is InChI=1S/C8H13NO2/c1-9-5-6-2-3-8(9,4-6)7(10)11/h6H,2-5H2,1H3,(H,10,11). The van der Waals surface area contributed by atoms with Crippen LogP contribution in [0.4, 0.5) is 0 Å². The number of likely N-dealkylation sites (N-methyl/N-ethyl adjacent to an activating group) is 1. The third kappa shape index (κ3) is 0.745. The van der Waals surface area contributed by atoms with E-state index in [1.807, 2.05) is 11.9 Å². The van der Waals surface area contributed by atoms with E-state index in [0.717, 1.165) is 25.8 Å². The molecule has 3 nitrogen and oxygen atoms in total. The molecule has 0 radical (unpaired) electrons. The summed E-state index contributed by atoms with van der Waals surface area (Å²) in [7, 11) is 1.92. The van der Waals surface area contributed by atoms with Gasteiger partial charge in [-0.25, -0.2) is 0 Å². The third-order valence-corrected chi connectivity index (χ3v) is 3.25. The van der Waals surface area contributed by atoms with Crippen LogP contribution >= 0.6 is 0 Å². The van der Waals surface area contributed by atoms with Crippen LogP contribution in [0.5, 0.6) is 0 Å². The van der Waals surface area contributed by atoms with Crippen LogP contribution in [0.15, 0.2) is 0 Å². The minimum absolute atomic E-state index is 0.481. The Balaban J connectivity index is 2.29. The lowest BCUT2D eigenvalue weighted by Crippen LogP contribution is -2.48. The van der Waals surface area contributed by atoms with Crippen LogP contribution in [0.2, 0.25) is 0 Å². The summed E-state index contributed by atoms with van der Waals surface area (Å²) < 4.78 is 0. The average molecular weight is 155 g/mol. The van der Waals surface area contributed by atoms with Crippen molar-refractivity contribution in [1.82, 2.24) is 4.90 Å². The second kappa shape index (κ2) is 1.97. The Morgan fingerprint density at radius 2 is 2.45 bits per heavy atom. The Bertz CT molecular complexity index is 204. The molecule has 2 bridgehead atoms. The quantitative estimate of drug-likeness (QED) is 0.601. The predicted octanol–water partition coefficient (Wildman–Crippen LogP) is 0.555. The fourth-order valence-corrected chi connectivity index (χ4v) is 2.55. The van der Waals surface area contributed by atoms with Gasteiger partial charge in [0.2, 0.25) is 0 Å². The molecule has 3 heteroatoms. The summed E-state index contributed by atoms with van der Waals surface area (Å²) in [5.41, 5.74) is -0.481. The van der Waals surface area contributed by atoms with Crippen molar-refractivity contribution in [1.29, 1.82) is 0 Å². The van der Waals surface area contributed by atoms with Gasteiger partial charge in [-0.15, -0.1) is 0 Å². The molecule has 2 aliphatic rings. The molecule has 1 N–H and O–H groups in total. The molecule has 2 rings (SSSR count). The van der Waals surface area contributed by atoms with Gasteiger partial charge in [-0.1, -0.05) is 0 Å². The van der Waals surface area contributed by atoms with Crippen LogP contribution in [-0.2, 0) is 4.79 Å². The summed E-state index contributed by atoms with van der Waals surface area (Å²) in [4.78, 5) is 13.0. The van der Waals surface area contributed by atoms with Crippen LogP contribution in [0, 0.1) is 5.92 Å². The summed E-state index contributed by atoms with van der Waals surface area (Å²) in [5.74, 6) is 0.0242. The van der Waals surface area contributed by atoms with Crippen molar-refractivity contribution >= 4 is 5.97 Å². The molecule has 2 atom stereocenters. The molecule has 1 saturated heterocycles. The Labute approximate surface area is 66.0 Å². The van der Waals surface area contributed by atoms with Gasteiger partial charge in [-0.2, -0.15) is 0 Å². The molecule has 1 saturated carbocycles. The molecular weight excluding hydrogens is 142 g/mol. The third-order valence-electron chi connectivity index (χ3n) is 3.25. The molecule has 0 spiro atoms. The lowest BCUT2D eigenvalue weighted by molar-refractivity contribution is -0.149. The van der Waals surface area contributed by atoms with E-state index in [0.29, 0.717) is 5.92 Å². The van der Waals surface area contributed by atoms with Gasteiger partial charge in [0.25, 0.3) is 0 Å². The number of nitrogens with zero attached hydrogens (tertiary/aromatic N) is 1. The second-order valence-electron chi connectivity index (χ2n) is 3.83. The van der Waals surface area contributed by atoms with Gasteiger partial charge < -0.3 is 5.11 Å². The summed E-state index contributed by atoms with van der Waals surface area (Å²) in [6.45, 7) is 0.978. The molecule has 0 aromatic carbocycles. The van der Waals surface area contributed by atoms with E-state index in [-0.39, 0.29) is 0 Å². The highest BCUT2D eigenvalue weighted by Crippen LogP contribution is 2.45. The summed E-state index contributed by atoms with van der Waals surface area (Å²) in [6.07, 6.45) is 2.83. The number of fused-ring (bicyclic) bond motifs is 2. The van der Waals surface area contributed by atoms with E-state index < -0.39 is 11.5 Å². The summed E-state index contributed by atoms with van der Waals surface area (Å²) in [5, 5.41) is 9.02. The SMILES string of the molecule is CN1CC2CCC1(C(=O)O)C2. The highest BCUT2D eigenvalue weighted by molar-refractivity contribution is 5.79. The Hall–Kier alpha value is -0.570. The topological polar surface area (TPSA) is 40.5 Å². The van der Waals surface area contributed by atoms with E-state index >= 15 is 0 Å². The van der Waals surface area contributed by atoms with Crippen LogP contribution < -0.4 is 0 Å². The van der Waals surface area contributed by atoms with Gasteiger partial charge >= 0.3 is 5.97 Å². The maximum absolute atomic E-state index is 11.0. The second-order valence-corrected chi connectivity index (χ2v) is 3.83. The van der Waals surface area contributed by atoms with Crippen molar-refractivity contribution in [2.45, 2.75) is 24.8 Å². The molecular formula is C8H13NO2. The van der Waals surface area contributed by atoms with Crippen LogP contribution in [0.1, 0.15) is 19.3 Å². The van der Waals surface area contributed by atoms with Crippen molar-refractivity contribution in [3.63, 3.8) is 0 Å². The Morgan fingerprint density at radius 1 is 1.73 bits per heavy atom. The summed E-state index contributed by atoms with van der Waals surface area (Å²) >= 11 is 0. The van der Waals surface area contributed by atoms with Gasteiger partial charge in [0.15, 0.2) is 0 Å². The maximum Gasteiger partial charge on any atom is 0.324 e. The first-order chi connectivity index (χ1) is 5.15. The van der Waals surface area contributed by atoms with Gasteiger partial charge in [-0.05, 0) is 32.2 Å². The van der Waals surface area contributed by atoms with Crippen molar-refractivity contribution in [2.24, 2.45) is 5.92 Å². The smallest absolute Gasteiger partial charge is 0.324 e. The molecule has 0 aromatic rings. The number of piperidine rings is 1. The van der Waals surface area contributed by atoms with Gasteiger partial charge in [0.05, 0.1) is 0 Å². The van der Waals surface area contributed by atoms with E-state index in [4.69, 9.17) is 5.11 Å². The zero-order valence-electron chi connectivity index (χ0n) is 6.71. The highest BCUT2D eigenvalue weighted by Gasteiger charge is 2.54. The molecule has 1 aliphatic carbocycles. The number of carboxylic acids is 1. The van der Waals surface area contributed by atoms with Crippen molar-refractivity contribution in [3.05, 3.63) is 0 Å². The fraction of sp³-hybridized carbons (Fsp3) is 0.875. The molecule has 62 valence electrons. The first-order valence-electron chi connectivity index (χ1n) is 4.10. The predicted molar refractivity (Wildman–Crippen MR) is 40.3 cm³/mol. The van der Waals surface area contributed by atoms with Crippen LogP contribution in [-0.4, -0.2) is 35.1 Å². The molecule has 11 heavy (non-hydrogen) atoms. The number of rotatable bonds is 1. The van der Waals surface area contributed by atoms with Crippen molar-refractivity contribution < 1.29 is 9.90 Å². The minimum atomic E-state index is -0.625. The van der Waals surface area contributed by atoms with Gasteiger partial charge in [-0.3, -0.25) is 9.69 Å². The van der Waals surface area contributed by atoms with Gasteiger partial charge in [0, 0.05) is 6.54 Å². The van der Waals surface area contributed by atoms with Crippen molar-refractivity contribution in [3.8, 4) is 0 Å². The number of carboxylic acid groups (broad SMARTS) is 1. The molecule has 0 amide bonds. The summed E-state index contributed by atoms with van der Waals surface area (Å²) in [6, 6.07) is 0. The van der Waals surface area contributed by atoms with Crippen LogP contribution in [0.25, 0.3) is 0 Å². The van der Waals surface area contributed by atoms with Crippen LogP contribution in [0.3, 0.4) is 0 Å². The van der Waals surface area contributed by atoms with E-state index in [1.165, 1.54) is 0 Å². The van der Waals surface area contributed by atoms with Crippen molar-refractivity contribution in [2.75, 3.05) is 13.6 Å². The zero-order valence-corrected chi connectivity index (χ0v) is 6.71. The number of hydrogen-bond donors (Lipinski definition) is 1. The largest absolute Gasteiger partial charge is 0.480 e. The molecule has 2 unspecified atom stereocenters. The van der Waals surface area contributed by atoms with E-state index in [9.17, 15) is 4.79 Å². The number of carbonyl (C=O) groups is 1. The Kier molecular flexibility index (Phi) is 1.27. The first-order valence-corrected chi connectivity index (χ1v) is 4.10. The first kappa shape index (κ1) is 7.10. The molecule has 1 heterocycles. The van der Waals surface area contributed by atoms with E-state index in [2.05, 4.69) is 0 Å². The van der Waals surface area contributed by atoms with E-state index in [1.54, 1.807) is 0 Å². The monoisotopic (exact) mass is 155 g/mol. The zero-order chi connectivity index (χ0) is 8.06. The number of likely N-dealkylation sites (tertiary alicyclic amines) is 1. The number of aliphatic carboxylic acids is 1. The fourth-order valence-electron chi connectivity index (χ4n) is 2.55. The molecule has 1 aliphatic heterocycles. The lowest BCUT2D eigenvalue weighted by Gasteiger charge is -2.31. The van der Waals surface area contributed by atoms with Gasteiger partial charge in [0.1, 0.15) is 5.54 Å². The normalized spacial score (nSPS) is 43.2. The molecule has 2 fully saturated rings. The average Bonchev–Trinajstić information content (AvgIpc) is 2.43. The highest BCUT2D eigenvalue weighted by atomic mass is 16.4. The number of hydrogen-bond acceptors (Lipinski definition) is 2. The minimum Gasteiger partial charge on any atom is -0.480 e. The lowest BCUT2D eigenvalue weighted by atomic mass is 9.98.